The fourth-order valence-electron chi connectivity index (χ4n) is 6.53. The zero-order chi connectivity index (χ0) is 29.3. The monoisotopic (exact) mass is 571 g/mol. The van der Waals surface area contributed by atoms with Crippen molar-refractivity contribution in [2.75, 3.05) is 43.4 Å². The van der Waals surface area contributed by atoms with Crippen LogP contribution in [0.2, 0.25) is 0 Å². The van der Waals surface area contributed by atoms with Crippen LogP contribution in [-0.4, -0.2) is 89.4 Å². The Morgan fingerprint density at radius 1 is 1.32 bits per heavy atom. The van der Waals surface area contributed by atoms with Crippen molar-refractivity contribution in [2.24, 2.45) is 11.8 Å². The third-order valence-corrected chi connectivity index (χ3v) is 8.51. The number of halogens is 1. The quantitative estimate of drug-likeness (QED) is 0.419. The number of β-lactam (4-membered cyclic amide) rings is 1. The van der Waals surface area contributed by atoms with Gasteiger partial charge in [0.15, 0.2) is 23.7 Å². The van der Waals surface area contributed by atoms with Gasteiger partial charge in [-0.25, -0.2) is 14.0 Å². The molecule has 0 bridgehead atoms. The van der Waals surface area contributed by atoms with Gasteiger partial charge in [0.05, 0.1) is 29.5 Å². The summed E-state index contributed by atoms with van der Waals surface area (Å²) >= 11 is 0. The average Bonchev–Trinajstić information content (AvgIpc) is 3.45. The molecule has 3 N–H and O–H groups in total. The number of benzene rings is 1. The number of anilines is 1. The van der Waals surface area contributed by atoms with Crippen LogP contribution in [0, 0.1) is 17.7 Å². The van der Waals surface area contributed by atoms with Crippen molar-refractivity contribution in [1.29, 1.82) is 0 Å². The predicted molar refractivity (Wildman–Crippen MR) is 143 cm³/mol. The molecule has 1 aromatic carbocycles. The normalized spacial score (nSPS) is 25.7. The summed E-state index contributed by atoms with van der Waals surface area (Å²) in [5, 5.41) is 24.4. The van der Waals surface area contributed by atoms with Crippen molar-refractivity contribution in [3.05, 3.63) is 45.6 Å². The lowest BCUT2D eigenvalue weighted by atomic mass is 9.78. The maximum Gasteiger partial charge on any atom is 0.407 e. The highest BCUT2D eigenvalue weighted by atomic mass is 19.1. The maximum atomic E-state index is 15.4. The number of aliphatic carboxylic acids is 1. The van der Waals surface area contributed by atoms with Crippen molar-refractivity contribution in [2.45, 2.75) is 38.5 Å². The third-order valence-electron chi connectivity index (χ3n) is 8.51. The van der Waals surface area contributed by atoms with Crippen LogP contribution in [-0.2, 0) is 14.3 Å². The molecule has 0 radical (unpaired) electrons. The van der Waals surface area contributed by atoms with Crippen LogP contribution < -0.4 is 25.4 Å². The summed E-state index contributed by atoms with van der Waals surface area (Å²) in [5.41, 5.74) is 0.439. The van der Waals surface area contributed by atoms with E-state index in [0.717, 1.165) is 0 Å². The lowest BCUT2D eigenvalue weighted by Gasteiger charge is -2.46. The molecule has 41 heavy (non-hydrogen) atoms. The number of nitrogens with zero attached hydrogens (tertiary/aromatic N) is 4. The van der Waals surface area contributed by atoms with Gasteiger partial charge in [-0.3, -0.25) is 19.3 Å². The first-order valence-corrected chi connectivity index (χ1v) is 13.4. The van der Waals surface area contributed by atoms with Gasteiger partial charge >= 0.3 is 12.1 Å². The summed E-state index contributed by atoms with van der Waals surface area (Å²) in [4.78, 5) is 52.5. The fraction of sp³-hybridized carbons (Fsp3) is 0.481. The smallest absolute Gasteiger partial charge is 0.407 e. The summed E-state index contributed by atoms with van der Waals surface area (Å²) in [6, 6.07) is 1.68. The number of pyridine rings is 1. The Morgan fingerprint density at radius 3 is 2.78 bits per heavy atom. The molecule has 2 amide bonds. The molecule has 14 heteroatoms. The molecular formula is C27H30FN5O8. The molecular weight excluding hydrogens is 541 g/mol. The van der Waals surface area contributed by atoms with Gasteiger partial charge in [-0.05, 0) is 19.4 Å². The van der Waals surface area contributed by atoms with E-state index >= 15 is 4.39 Å². The van der Waals surface area contributed by atoms with Crippen molar-refractivity contribution < 1.29 is 38.5 Å². The number of ether oxygens (including phenoxy) is 2. The Balaban J connectivity index is 1.15. The number of rotatable bonds is 6. The van der Waals surface area contributed by atoms with Crippen LogP contribution in [0.1, 0.15) is 20.3 Å². The van der Waals surface area contributed by atoms with Gasteiger partial charge in [0.2, 0.25) is 5.91 Å². The summed E-state index contributed by atoms with van der Waals surface area (Å²) in [6.45, 7) is 3.70. The van der Waals surface area contributed by atoms with Crippen LogP contribution in [0.15, 0.2) is 34.4 Å². The van der Waals surface area contributed by atoms with Crippen LogP contribution in [0.5, 0.6) is 5.75 Å². The minimum Gasteiger partial charge on any atom is -0.477 e. The molecule has 5 atom stereocenters. The molecule has 0 spiro atoms. The van der Waals surface area contributed by atoms with E-state index in [1.165, 1.54) is 24.0 Å². The van der Waals surface area contributed by atoms with Crippen LogP contribution in [0.3, 0.4) is 0 Å². The zero-order valence-corrected chi connectivity index (χ0v) is 22.7. The van der Waals surface area contributed by atoms with E-state index < -0.39 is 53.8 Å². The summed E-state index contributed by atoms with van der Waals surface area (Å²) < 4.78 is 28.3. The second-order valence-corrected chi connectivity index (χ2v) is 11.0. The van der Waals surface area contributed by atoms with Crippen molar-refractivity contribution in [1.82, 2.24) is 14.9 Å². The second-order valence-electron chi connectivity index (χ2n) is 11.0. The van der Waals surface area contributed by atoms with E-state index in [1.807, 2.05) is 0 Å². The Bertz CT molecular complexity index is 1570. The SMILES string of the molecule is CC(O)[C@H]1C(=O)N2C(C(=O)O)=C(COC(=O)NC3CCN(c4c(F)cc5c(=O)ccn6c5c4OCN6C)C3)[C@H](C)[C@H]12. The molecule has 6 rings (SSSR count). The minimum atomic E-state index is -1.30. The van der Waals surface area contributed by atoms with Crippen molar-refractivity contribution in [3.63, 3.8) is 0 Å². The third kappa shape index (κ3) is 4.07. The summed E-state index contributed by atoms with van der Waals surface area (Å²) in [5.74, 6) is -3.24. The number of amides is 2. The number of fused-ring (bicyclic) bond motifs is 1. The van der Waals surface area contributed by atoms with Crippen molar-refractivity contribution in [3.8, 4) is 5.75 Å². The van der Waals surface area contributed by atoms with Crippen LogP contribution in [0.25, 0.3) is 10.9 Å². The highest BCUT2D eigenvalue weighted by Crippen LogP contribution is 2.47. The first-order valence-electron chi connectivity index (χ1n) is 13.4. The Labute approximate surface area is 233 Å². The number of carbonyl (C=O) groups excluding carboxylic acids is 2. The van der Waals surface area contributed by atoms with Gasteiger partial charge in [0, 0.05) is 43.9 Å². The lowest BCUT2D eigenvalue weighted by Crippen LogP contribution is -2.63. The molecule has 0 saturated carbocycles. The summed E-state index contributed by atoms with van der Waals surface area (Å²) in [7, 11) is 1.78. The number of carboxylic acids is 1. The molecule has 218 valence electrons. The van der Waals surface area contributed by atoms with Crippen LogP contribution >= 0.6 is 0 Å². The molecule has 13 nitrogen and oxygen atoms in total. The molecule has 1 aromatic heterocycles. The molecule has 4 aliphatic rings. The first-order chi connectivity index (χ1) is 19.5. The average molecular weight is 572 g/mol. The Hall–Kier alpha value is -4.33. The number of nitrogens with one attached hydrogen (secondary N) is 1. The van der Waals surface area contributed by atoms with Crippen molar-refractivity contribution >= 4 is 34.6 Å². The number of carboxylic acid groups (broad SMARTS) is 1. The van der Waals surface area contributed by atoms with E-state index in [4.69, 9.17) is 9.47 Å². The fourth-order valence-corrected chi connectivity index (χ4v) is 6.53. The number of aromatic nitrogens is 1. The second kappa shape index (κ2) is 9.65. The van der Waals surface area contributed by atoms with E-state index in [0.29, 0.717) is 24.1 Å². The molecule has 0 aliphatic carbocycles. The molecule has 2 fully saturated rings. The van der Waals surface area contributed by atoms with E-state index in [9.17, 15) is 29.4 Å². The van der Waals surface area contributed by atoms with Gasteiger partial charge in [0.1, 0.15) is 23.5 Å². The molecule has 2 aromatic rings. The highest BCUT2D eigenvalue weighted by molar-refractivity contribution is 6.00. The zero-order valence-electron chi connectivity index (χ0n) is 22.7. The highest BCUT2D eigenvalue weighted by Gasteiger charge is 2.59. The molecule has 2 unspecified atom stereocenters. The molecule has 4 aliphatic heterocycles. The van der Waals surface area contributed by atoms with Crippen LogP contribution in [0.4, 0.5) is 14.9 Å². The topological polar surface area (TPSA) is 154 Å². The standard InChI is InChI=1S/C27H30FN5O8/c1-12-16(22(26(37)38)33-20(12)19(13(2)34)25(33)36)10-40-27(39)29-14-4-6-31(9-14)23-17(28)8-15-18(35)5-7-32-21(15)24(23)41-11-30(32)3/h5,7-8,12-14,19-20,34H,4,6,9-11H2,1-3H3,(H,29,39)(H,37,38)/t12-,13?,14?,19+,20+/m0/s1. The molecule has 5 heterocycles. The predicted octanol–water partition coefficient (Wildman–Crippen LogP) is 0.559. The minimum absolute atomic E-state index is 0.151. The Morgan fingerprint density at radius 2 is 2.07 bits per heavy atom. The van der Waals surface area contributed by atoms with E-state index in [1.54, 1.807) is 34.8 Å². The maximum absolute atomic E-state index is 15.4. The van der Waals surface area contributed by atoms with Gasteiger partial charge < -0.3 is 34.8 Å². The number of hydrogen-bond donors (Lipinski definition) is 3. The number of carbonyl (C=O) groups is 3. The van der Waals surface area contributed by atoms with E-state index in [2.05, 4.69) is 5.32 Å². The first kappa shape index (κ1) is 26.9. The van der Waals surface area contributed by atoms with E-state index in [-0.39, 0.29) is 47.8 Å². The van der Waals surface area contributed by atoms with Gasteiger partial charge in [-0.2, -0.15) is 0 Å². The van der Waals surface area contributed by atoms with Gasteiger partial charge in [0.25, 0.3) is 0 Å². The number of aliphatic hydroxyl groups is 1. The summed E-state index contributed by atoms with van der Waals surface area (Å²) in [6.07, 6.45) is 0.382. The van der Waals surface area contributed by atoms with Gasteiger partial charge in [-0.15, -0.1) is 0 Å². The molecule has 2 saturated heterocycles. The van der Waals surface area contributed by atoms with Gasteiger partial charge in [-0.1, -0.05) is 6.92 Å². The Kier molecular flexibility index (Phi) is 6.32. The number of aliphatic hydroxyl groups excluding tert-OH is 1. The number of hydrogen-bond acceptors (Lipinski definition) is 9. The largest absolute Gasteiger partial charge is 0.477 e. The lowest BCUT2D eigenvalue weighted by molar-refractivity contribution is -0.163. The number of alkyl carbamates (subject to hydrolysis) is 1.